The minimum Gasteiger partial charge on any atom is -0.465 e. The van der Waals surface area contributed by atoms with E-state index in [9.17, 15) is 4.79 Å². The number of nitrogens with zero attached hydrogens (tertiary/aromatic N) is 1. The number of benzene rings is 1. The van der Waals surface area contributed by atoms with E-state index in [1.165, 1.54) is 0 Å². The first-order chi connectivity index (χ1) is 9.22. The summed E-state index contributed by atoms with van der Waals surface area (Å²) < 4.78 is 0. The normalized spacial score (nSPS) is 10.5. The molecule has 0 aliphatic carbocycles. The summed E-state index contributed by atoms with van der Waals surface area (Å²) >= 11 is 0. The van der Waals surface area contributed by atoms with Crippen LogP contribution in [-0.4, -0.2) is 21.2 Å². The van der Waals surface area contributed by atoms with Gasteiger partial charge in [0.05, 0.1) is 0 Å². The van der Waals surface area contributed by atoms with Gasteiger partial charge in [0.2, 0.25) is 0 Å². The SMILES string of the molecule is O=C(O)Nc1cccc(-c2cnc3[nH]ccc3c2)c1. The average Bonchev–Trinajstić information content (AvgIpc) is 2.85. The van der Waals surface area contributed by atoms with Crippen LogP contribution < -0.4 is 5.32 Å². The second-order valence-corrected chi connectivity index (χ2v) is 4.15. The Balaban J connectivity index is 2.02. The number of carboxylic acid groups (broad SMARTS) is 1. The molecule has 0 aliphatic rings. The summed E-state index contributed by atoms with van der Waals surface area (Å²) in [5, 5.41) is 12.1. The zero-order valence-corrected chi connectivity index (χ0v) is 9.92. The highest BCUT2D eigenvalue weighted by Crippen LogP contribution is 2.24. The van der Waals surface area contributed by atoms with Crippen molar-refractivity contribution in [1.82, 2.24) is 9.97 Å². The van der Waals surface area contributed by atoms with Gasteiger partial charge in [-0.15, -0.1) is 0 Å². The molecule has 1 aromatic carbocycles. The Kier molecular flexibility index (Phi) is 2.64. The maximum absolute atomic E-state index is 10.6. The molecular formula is C14H11N3O2. The largest absolute Gasteiger partial charge is 0.465 e. The quantitative estimate of drug-likeness (QED) is 0.655. The van der Waals surface area contributed by atoms with Gasteiger partial charge >= 0.3 is 6.09 Å². The molecule has 5 heteroatoms. The fraction of sp³-hybridized carbons (Fsp3) is 0. The Hall–Kier alpha value is -2.82. The van der Waals surface area contributed by atoms with E-state index in [0.717, 1.165) is 22.2 Å². The van der Waals surface area contributed by atoms with Gasteiger partial charge in [-0.2, -0.15) is 0 Å². The first kappa shape index (κ1) is 11.3. The highest BCUT2D eigenvalue weighted by Gasteiger charge is 2.04. The lowest BCUT2D eigenvalue weighted by Crippen LogP contribution is -2.06. The van der Waals surface area contributed by atoms with Crippen LogP contribution in [0.2, 0.25) is 0 Å². The molecule has 2 heterocycles. The van der Waals surface area contributed by atoms with Crippen LogP contribution in [0.5, 0.6) is 0 Å². The van der Waals surface area contributed by atoms with Crippen molar-refractivity contribution in [3.05, 3.63) is 48.8 Å². The first-order valence-corrected chi connectivity index (χ1v) is 5.76. The lowest BCUT2D eigenvalue weighted by molar-refractivity contribution is 0.210. The number of hydrogen-bond acceptors (Lipinski definition) is 2. The van der Waals surface area contributed by atoms with Crippen LogP contribution in [0.15, 0.2) is 48.8 Å². The molecule has 0 radical (unpaired) electrons. The third-order valence-electron chi connectivity index (χ3n) is 2.85. The summed E-state index contributed by atoms with van der Waals surface area (Å²) in [6, 6.07) is 11.2. The predicted octanol–water partition coefficient (Wildman–Crippen LogP) is 3.32. The van der Waals surface area contributed by atoms with E-state index in [1.807, 2.05) is 30.5 Å². The zero-order valence-electron chi connectivity index (χ0n) is 9.92. The van der Waals surface area contributed by atoms with Crippen LogP contribution in [0.4, 0.5) is 10.5 Å². The number of rotatable bonds is 2. The monoisotopic (exact) mass is 253 g/mol. The third kappa shape index (κ3) is 2.26. The number of carbonyl (C=O) groups is 1. The summed E-state index contributed by atoms with van der Waals surface area (Å²) in [5.74, 6) is 0. The number of aromatic amines is 1. The lowest BCUT2D eigenvalue weighted by atomic mass is 10.1. The van der Waals surface area contributed by atoms with Gasteiger partial charge in [-0.3, -0.25) is 5.32 Å². The van der Waals surface area contributed by atoms with E-state index < -0.39 is 6.09 Å². The van der Waals surface area contributed by atoms with Gasteiger partial charge < -0.3 is 10.1 Å². The molecular weight excluding hydrogens is 242 g/mol. The molecule has 0 saturated heterocycles. The number of fused-ring (bicyclic) bond motifs is 1. The molecule has 1 amide bonds. The van der Waals surface area contributed by atoms with E-state index in [-0.39, 0.29) is 0 Å². The Labute approximate surface area is 108 Å². The minimum absolute atomic E-state index is 0.541. The molecule has 0 saturated carbocycles. The molecule has 94 valence electrons. The number of pyridine rings is 1. The van der Waals surface area contributed by atoms with E-state index in [1.54, 1.807) is 18.3 Å². The van der Waals surface area contributed by atoms with Crippen molar-refractivity contribution in [3.8, 4) is 11.1 Å². The van der Waals surface area contributed by atoms with Crippen molar-refractivity contribution in [3.63, 3.8) is 0 Å². The van der Waals surface area contributed by atoms with E-state index >= 15 is 0 Å². The van der Waals surface area contributed by atoms with Crippen LogP contribution >= 0.6 is 0 Å². The molecule has 0 bridgehead atoms. The summed E-state index contributed by atoms with van der Waals surface area (Å²) in [7, 11) is 0. The molecule has 0 aliphatic heterocycles. The van der Waals surface area contributed by atoms with Gasteiger partial charge in [0, 0.05) is 29.0 Å². The van der Waals surface area contributed by atoms with Gasteiger partial charge in [0.15, 0.2) is 0 Å². The number of aromatic nitrogens is 2. The second kappa shape index (κ2) is 4.45. The number of H-pyrrole nitrogens is 1. The van der Waals surface area contributed by atoms with Crippen molar-refractivity contribution in [2.45, 2.75) is 0 Å². The summed E-state index contributed by atoms with van der Waals surface area (Å²) in [6.07, 6.45) is 2.53. The van der Waals surface area contributed by atoms with Crippen LogP contribution in [-0.2, 0) is 0 Å². The molecule has 5 nitrogen and oxygen atoms in total. The fourth-order valence-electron chi connectivity index (χ4n) is 2.00. The number of hydrogen-bond donors (Lipinski definition) is 3. The average molecular weight is 253 g/mol. The third-order valence-corrected chi connectivity index (χ3v) is 2.85. The van der Waals surface area contributed by atoms with Crippen molar-refractivity contribution >= 4 is 22.8 Å². The van der Waals surface area contributed by atoms with Gasteiger partial charge in [-0.25, -0.2) is 9.78 Å². The van der Waals surface area contributed by atoms with Crippen LogP contribution in [0.1, 0.15) is 0 Å². The number of amides is 1. The minimum atomic E-state index is -1.07. The molecule has 0 atom stereocenters. The topological polar surface area (TPSA) is 78.0 Å². The Bertz CT molecular complexity index is 749. The number of nitrogens with one attached hydrogen (secondary N) is 2. The predicted molar refractivity (Wildman–Crippen MR) is 73.2 cm³/mol. The molecule has 3 N–H and O–H groups in total. The smallest absolute Gasteiger partial charge is 0.409 e. The van der Waals surface area contributed by atoms with Gasteiger partial charge in [0.1, 0.15) is 5.65 Å². The van der Waals surface area contributed by atoms with E-state index in [0.29, 0.717) is 5.69 Å². The van der Waals surface area contributed by atoms with Crippen molar-refractivity contribution < 1.29 is 9.90 Å². The summed E-state index contributed by atoms with van der Waals surface area (Å²) in [6.45, 7) is 0. The first-order valence-electron chi connectivity index (χ1n) is 5.76. The van der Waals surface area contributed by atoms with Crippen LogP contribution in [0.25, 0.3) is 22.2 Å². The van der Waals surface area contributed by atoms with Crippen molar-refractivity contribution in [2.75, 3.05) is 5.32 Å². The Morgan fingerprint density at radius 1 is 1.21 bits per heavy atom. The molecule has 19 heavy (non-hydrogen) atoms. The highest BCUT2D eigenvalue weighted by molar-refractivity contribution is 5.86. The zero-order chi connectivity index (χ0) is 13.2. The summed E-state index contributed by atoms with van der Waals surface area (Å²) in [4.78, 5) is 18.0. The molecule has 3 aromatic rings. The molecule has 0 spiro atoms. The molecule has 3 rings (SSSR count). The molecule has 2 aromatic heterocycles. The number of anilines is 1. The van der Waals surface area contributed by atoms with Crippen LogP contribution in [0.3, 0.4) is 0 Å². The second-order valence-electron chi connectivity index (χ2n) is 4.15. The van der Waals surface area contributed by atoms with E-state index in [2.05, 4.69) is 15.3 Å². The maximum Gasteiger partial charge on any atom is 0.409 e. The van der Waals surface area contributed by atoms with Crippen LogP contribution in [0, 0.1) is 0 Å². The molecule has 0 fully saturated rings. The highest BCUT2D eigenvalue weighted by atomic mass is 16.4. The maximum atomic E-state index is 10.6. The van der Waals surface area contributed by atoms with E-state index in [4.69, 9.17) is 5.11 Å². The standard InChI is InChI=1S/C14H11N3O2/c18-14(19)17-12-3-1-2-9(7-12)11-6-10-4-5-15-13(10)16-8-11/h1-8,17H,(H,15,16)(H,18,19). The Morgan fingerprint density at radius 2 is 2.11 bits per heavy atom. The van der Waals surface area contributed by atoms with Gasteiger partial charge in [-0.05, 0) is 29.8 Å². The Morgan fingerprint density at radius 3 is 2.95 bits per heavy atom. The van der Waals surface area contributed by atoms with Crippen molar-refractivity contribution in [1.29, 1.82) is 0 Å². The van der Waals surface area contributed by atoms with Gasteiger partial charge in [0.25, 0.3) is 0 Å². The van der Waals surface area contributed by atoms with Gasteiger partial charge in [-0.1, -0.05) is 12.1 Å². The summed E-state index contributed by atoms with van der Waals surface area (Å²) in [5.41, 5.74) is 3.24. The van der Waals surface area contributed by atoms with Crippen molar-refractivity contribution in [2.24, 2.45) is 0 Å². The fourth-order valence-corrected chi connectivity index (χ4v) is 2.00. The lowest BCUT2D eigenvalue weighted by Gasteiger charge is -2.05. The molecule has 0 unspecified atom stereocenters.